The summed E-state index contributed by atoms with van der Waals surface area (Å²) in [5.41, 5.74) is 7.03. The van der Waals surface area contributed by atoms with Gasteiger partial charge in [0.05, 0.1) is 14.2 Å². The van der Waals surface area contributed by atoms with E-state index in [1.54, 1.807) is 26.6 Å². The predicted molar refractivity (Wildman–Crippen MR) is 332 cm³/mol. The monoisotopic (exact) mass is 1220 g/mol. The molecule has 3 heterocycles. The maximum Gasteiger partial charge on any atom is 0.329 e. The predicted octanol–water partition coefficient (Wildman–Crippen LogP) is 8.27. The minimum absolute atomic E-state index is 0.0728. The zero-order chi connectivity index (χ0) is 65.4. The van der Waals surface area contributed by atoms with Crippen molar-refractivity contribution >= 4 is 47.5 Å². The number of pyridine rings is 2. The fourth-order valence-corrected chi connectivity index (χ4v) is 10.6. The number of rotatable bonds is 18. The number of carbonyl (C=O) groups is 8. The third kappa shape index (κ3) is 19.6. The number of esters is 4. The molecule has 1 saturated heterocycles. The summed E-state index contributed by atoms with van der Waals surface area (Å²) in [4.78, 5) is 132. The van der Waals surface area contributed by atoms with Crippen LogP contribution in [0.25, 0.3) is 0 Å². The van der Waals surface area contributed by atoms with Crippen molar-refractivity contribution in [1.82, 2.24) is 29.6 Å². The lowest BCUT2D eigenvalue weighted by Gasteiger charge is -2.35. The van der Waals surface area contributed by atoms with E-state index in [0.29, 0.717) is 35.7 Å². The number of aryl methyl sites for hydroxylation is 2. The van der Waals surface area contributed by atoms with E-state index in [0.717, 1.165) is 53.0 Å². The Labute approximate surface area is 520 Å². The summed E-state index contributed by atoms with van der Waals surface area (Å²) in [6, 6.07) is 13.4. The second-order valence-corrected chi connectivity index (χ2v) is 25.1. The van der Waals surface area contributed by atoms with Crippen molar-refractivity contribution in [2.45, 2.75) is 183 Å². The van der Waals surface area contributed by atoms with Crippen molar-refractivity contribution in [2.75, 3.05) is 42.4 Å². The molecule has 5 rings (SSSR count). The Morgan fingerprint density at radius 2 is 0.682 bits per heavy atom. The van der Waals surface area contributed by atoms with Crippen LogP contribution in [0.4, 0.5) is 0 Å². The fourth-order valence-electron chi connectivity index (χ4n) is 10.6. The van der Waals surface area contributed by atoms with Crippen molar-refractivity contribution in [3.05, 3.63) is 118 Å². The van der Waals surface area contributed by atoms with Gasteiger partial charge in [0.15, 0.2) is 24.4 Å². The Balaban J connectivity index is 1.58. The average molecular weight is 1220 g/mol. The van der Waals surface area contributed by atoms with Gasteiger partial charge in [-0.15, -0.1) is 0 Å². The minimum atomic E-state index is -1.55. The zero-order valence-corrected chi connectivity index (χ0v) is 54.9. The number of hydrogen-bond donors (Lipinski definition) is 0. The van der Waals surface area contributed by atoms with Gasteiger partial charge in [0.1, 0.15) is 24.2 Å². The Bertz CT molecular complexity index is 2840. The second-order valence-electron chi connectivity index (χ2n) is 25.1. The molecule has 1 fully saturated rings. The summed E-state index contributed by atoms with van der Waals surface area (Å²) >= 11 is 0. The van der Waals surface area contributed by atoms with E-state index < -0.39 is 96.1 Å². The van der Waals surface area contributed by atoms with Crippen LogP contribution in [0.5, 0.6) is 11.8 Å². The number of aromatic nitrogens is 2. The molecule has 20 heteroatoms. The van der Waals surface area contributed by atoms with Gasteiger partial charge >= 0.3 is 23.9 Å². The number of amides is 4. The number of cyclic esters (lactones) is 4. The lowest BCUT2D eigenvalue weighted by molar-refractivity contribution is -0.176. The van der Waals surface area contributed by atoms with Gasteiger partial charge in [-0.3, -0.25) is 19.2 Å². The van der Waals surface area contributed by atoms with Crippen molar-refractivity contribution < 1.29 is 66.8 Å². The summed E-state index contributed by atoms with van der Waals surface area (Å²) in [6.07, 6.45) is -1.49. The number of ether oxygens (including phenoxy) is 6. The number of carbonyl (C=O) groups excluding carboxylic acids is 8. The molecule has 8 unspecified atom stereocenters. The SMILES string of the molecule is COc1cc(C)c(Cc2ccc(CC3OC(=O)C(CC(C)C)N(C)C(=O)C(C)OC(=O)C(CC(C)C)N(C)C(=O)C(Cc4ccc(Cc5cnc(OC)cc5C)cc4)OC(=O)C(CC(C)C)N(C)C(=O)C(C)OC(=O)C(CC(C)C)N(C)C3=O)cc2)cn1. The first kappa shape index (κ1) is 70.9. The highest BCUT2D eigenvalue weighted by Crippen LogP contribution is 2.26. The van der Waals surface area contributed by atoms with Crippen LogP contribution in [-0.4, -0.2) is 168 Å². The lowest BCUT2D eigenvalue weighted by Crippen LogP contribution is -2.55. The molecule has 4 amide bonds. The Morgan fingerprint density at radius 3 is 0.943 bits per heavy atom. The van der Waals surface area contributed by atoms with Gasteiger partial charge in [-0.2, -0.15) is 0 Å². The van der Waals surface area contributed by atoms with Crippen LogP contribution in [-0.2, 0) is 83.0 Å². The lowest BCUT2D eigenvalue weighted by atomic mass is 9.98. The van der Waals surface area contributed by atoms with Crippen molar-refractivity contribution in [1.29, 1.82) is 0 Å². The number of nitrogens with zero attached hydrogens (tertiary/aromatic N) is 6. The van der Waals surface area contributed by atoms with Crippen LogP contribution >= 0.6 is 0 Å². The molecule has 1 aliphatic rings. The smallest absolute Gasteiger partial charge is 0.329 e. The molecule has 4 aromatic rings. The summed E-state index contributed by atoms with van der Waals surface area (Å²) in [7, 11) is 8.68. The van der Waals surface area contributed by atoms with E-state index >= 15 is 9.59 Å². The Hall–Kier alpha value is -7.90. The summed E-state index contributed by atoms with van der Waals surface area (Å²) in [5, 5.41) is 0. The Kier molecular flexibility index (Phi) is 26.1. The van der Waals surface area contributed by atoms with Crippen LogP contribution in [0.1, 0.15) is 139 Å². The molecule has 88 heavy (non-hydrogen) atoms. The van der Waals surface area contributed by atoms with Gasteiger partial charge in [-0.25, -0.2) is 29.1 Å². The van der Waals surface area contributed by atoms with Crippen LogP contribution in [0.3, 0.4) is 0 Å². The van der Waals surface area contributed by atoms with Crippen LogP contribution in [0.15, 0.2) is 73.1 Å². The van der Waals surface area contributed by atoms with E-state index in [1.807, 2.05) is 130 Å². The molecule has 2 aromatic carbocycles. The quantitative estimate of drug-likeness (QED) is 0.0674. The molecular formula is C68H94N6O14. The van der Waals surface area contributed by atoms with E-state index in [4.69, 9.17) is 28.4 Å². The van der Waals surface area contributed by atoms with Crippen molar-refractivity contribution in [3.8, 4) is 11.8 Å². The maximum absolute atomic E-state index is 15.1. The molecule has 2 aromatic heterocycles. The van der Waals surface area contributed by atoms with Crippen molar-refractivity contribution in [2.24, 2.45) is 23.7 Å². The molecule has 20 nitrogen and oxygen atoms in total. The first-order valence-electron chi connectivity index (χ1n) is 30.5. The zero-order valence-electron chi connectivity index (χ0n) is 54.9. The molecular weight excluding hydrogens is 1120 g/mol. The van der Waals surface area contributed by atoms with Gasteiger partial charge in [0, 0.05) is 65.6 Å². The van der Waals surface area contributed by atoms with Gasteiger partial charge in [0.25, 0.3) is 23.6 Å². The number of likely N-dealkylation sites (N-methyl/N-ethyl adjacent to an activating group) is 4. The molecule has 0 saturated carbocycles. The summed E-state index contributed by atoms with van der Waals surface area (Å²) in [5.74, 6) is -6.54. The minimum Gasteiger partial charge on any atom is -0.481 e. The molecule has 0 bridgehead atoms. The Morgan fingerprint density at radius 1 is 0.420 bits per heavy atom. The van der Waals surface area contributed by atoms with Gasteiger partial charge < -0.3 is 48.0 Å². The topological polar surface area (TPSA) is 231 Å². The summed E-state index contributed by atoms with van der Waals surface area (Å²) < 4.78 is 34.9. The molecule has 480 valence electrons. The highest BCUT2D eigenvalue weighted by Gasteiger charge is 2.43. The highest BCUT2D eigenvalue weighted by atomic mass is 16.6. The van der Waals surface area contributed by atoms with Gasteiger partial charge in [-0.05, 0) is 134 Å². The van der Waals surface area contributed by atoms with E-state index in [1.165, 1.54) is 42.0 Å². The molecule has 8 atom stereocenters. The number of hydrogen-bond acceptors (Lipinski definition) is 16. The highest BCUT2D eigenvalue weighted by molar-refractivity contribution is 5.94. The van der Waals surface area contributed by atoms with Crippen LogP contribution < -0.4 is 9.47 Å². The molecule has 0 radical (unpaired) electrons. The van der Waals surface area contributed by atoms with Crippen LogP contribution in [0.2, 0.25) is 0 Å². The third-order valence-electron chi connectivity index (χ3n) is 16.0. The second kappa shape index (κ2) is 32.4. The number of methoxy groups -OCH3 is 2. The standard InChI is InChI=1S/C68H94N6O14/c1-39(2)27-53-65(79)85-45(11)61(75)71(13)56(30-42(7)8)68(82)88-58(36-50-25-21-48(22-26-50)34-52-38-70-60(84-18)32-44(52)10)64(78)74(16)54(28-40(3)4)66(80)86-46(12)62(76)72(14)55(29-41(5)6)67(81)87-57(63(77)73(53)15)35-49-23-19-47(20-24-49)33-51-37-69-59(83-17)31-43(51)9/h19-26,31-32,37-42,45-46,53-58H,27-30,33-36H2,1-18H3. The first-order chi connectivity index (χ1) is 41.4. The maximum atomic E-state index is 15.1. The molecule has 0 spiro atoms. The van der Waals surface area contributed by atoms with Gasteiger partial charge in [-0.1, -0.05) is 104 Å². The van der Waals surface area contributed by atoms with E-state index in [-0.39, 0.29) is 62.2 Å². The normalized spacial score (nSPS) is 22.1. The first-order valence-corrected chi connectivity index (χ1v) is 30.5. The summed E-state index contributed by atoms with van der Waals surface area (Å²) in [6.45, 7) is 21.5. The van der Waals surface area contributed by atoms with Crippen molar-refractivity contribution in [3.63, 3.8) is 0 Å². The largest absolute Gasteiger partial charge is 0.481 e. The molecule has 0 aliphatic carbocycles. The van der Waals surface area contributed by atoms with E-state index in [9.17, 15) is 28.8 Å². The fraction of sp³-hybridized carbons (Fsp3) is 0.559. The molecule has 0 N–H and O–H groups in total. The van der Waals surface area contributed by atoms with Crippen LogP contribution in [0, 0.1) is 37.5 Å². The van der Waals surface area contributed by atoms with Gasteiger partial charge in [0.2, 0.25) is 11.8 Å². The number of benzene rings is 2. The average Bonchev–Trinajstić information content (AvgIpc) is 3.68. The third-order valence-corrected chi connectivity index (χ3v) is 16.0. The molecule has 1 aliphatic heterocycles. The van der Waals surface area contributed by atoms with E-state index in [2.05, 4.69) is 9.97 Å².